The van der Waals surface area contributed by atoms with Crippen molar-refractivity contribution in [2.24, 2.45) is 0 Å². The molecule has 0 atom stereocenters. The van der Waals surface area contributed by atoms with E-state index in [0.29, 0.717) is 6.00 Å². The molecule has 0 amide bonds. The van der Waals surface area contributed by atoms with Crippen LogP contribution in [0.3, 0.4) is 0 Å². The van der Waals surface area contributed by atoms with E-state index in [1.807, 2.05) is 7.05 Å². The van der Waals surface area contributed by atoms with Gasteiger partial charge >= 0.3 is 0 Å². The lowest BCUT2D eigenvalue weighted by molar-refractivity contribution is 0.390. The molecule has 102 valence electrons. The van der Waals surface area contributed by atoms with Gasteiger partial charge in [-0.1, -0.05) is 32.9 Å². The number of methoxy groups -OCH3 is 1. The van der Waals surface area contributed by atoms with E-state index in [-0.39, 0.29) is 5.41 Å². The number of hydrogen-bond donors (Lipinski definition) is 0. The first-order chi connectivity index (χ1) is 8.38. The number of halogens is 1. The number of hydrogen-bond acceptors (Lipinski definition) is 2. The Kier molecular flexibility index (Phi) is 5.48. The van der Waals surface area contributed by atoms with Crippen LogP contribution < -0.4 is 4.74 Å². The van der Waals surface area contributed by atoms with Gasteiger partial charge in [-0.15, -0.1) is 11.6 Å². The quantitative estimate of drug-likeness (QED) is 0.597. The van der Waals surface area contributed by atoms with Gasteiger partial charge in [-0.3, -0.25) is 4.90 Å². The van der Waals surface area contributed by atoms with Crippen molar-refractivity contribution in [1.82, 2.24) is 4.90 Å². The van der Waals surface area contributed by atoms with E-state index in [4.69, 9.17) is 16.3 Å². The number of nitrogens with zero attached hydrogens (tertiary/aromatic N) is 1. The molecule has 18 heavy (non-hydrogen) atoms. The van der Waals surface area contributed by atoms with E-state index in [9.17, 15) is 0 Å². The van der Waals surface area contributed by atoms with Crippen LogP contribution in [0.4, 0.5) is 0 Å². The Bertz CT molecular complexity index is 385. The summed E-state index contributed by atoms with van der Waals surface area (Å²) in [4.78, 5) is 2.10. The maximum Gasteiger partial charge on any atom is 0.122 e. The second kappa shape index (κ2) is 6.44. The molecule has 0 saturated carbocycles. The van der Waals surface area contributed by atoms with Crippen molar-refractivity contribution in [3.8, 4) is 5.75 Å². The number of benzene rings is 1. The van der Waals surface area contributed by atoms with E-state index in [1.54, 1.807) is 7.11 Å². The van der Waals surface area contributed by atoms with Gasteiger partial charge in [0.15, 0.2) is 0 Å². The lowest BCUT2D eigenvalue weighted by atomic mass is 9.85. The van der Waals surface area contributed by atoms with Crippen molar-refractivity contribution in [1.29, 1.82) is 0 Å². The van der Waals surface area contributed by atoms with E-state index >= 15 is 0 Å². The van der Waals surface area contributed by atoms with E-state index in [0.717, 1.165) is 18.7 Å². The van der Waals surface area contributed by atoms with Gasteiger partial charge in [-0.2, -0.15) is 0 Å². The molecule has 2 nitrogen and oxygen atoms in total. The average Bonchev–Trinajstić information content (AvgIpc) is 2.34. The molecule has 0 saturated heterocycles. The fourth-order valence-electron chi connectivity index (χ4n) is 1.88. The maximum absolute atomic E-state index is 5.78. The first-order valence-electron chi connectivity index (χ1n) is 6.30. The Morgan fingerprint density at radius 3 is 2.44 bits per heavy atom. The summed E-state index contributed by atoms with van der Waals surface area (Å²) in [7, 11) is 3.76. The number of rotatable bonds is 5. The monoisotopic (exact) mass is 269 g/mol. The van der Waals surface area contributed by atoms with Gasteiger partial charge in [-0.05, 0) is 36.1 Å². The predicted octanol–water partition coefficient (Wildman–Crippen LogP) is 3.66. The topological polar surface area (TPSA) is 12.5 Å². The van der Waals surface area contributed by atoms with Crippen LogP contribution in [0.1, 0.15) is 31.9 Å². The van der Waals surface area contributed by atoms with Crippen LogP contribution in [0.2, 0.25) is 0 Å². The summed E-state index contributed by atoms with van der Waals surface area (Å²) >= 11 is 5.78. The molecule has 0 radical (unpaired) electrons. The molecule has 0 aliphatic heterocycles. The van der Waals surface area contributed by atoms with Crippen LogP contribution in [-0.2, 0) is 11.8 Å². The van der Waals surface area contributed by atoms with Crippen molar-refractivity contribution < 1.29 is 4.74 Å². The van der Waals surface area contributed by atoms with E-state index in [1.165, 1.54) is 11.1 Å². The molecule has 1 aromatic rings. The molecule has 0 aliphatic carbocycles. The second-order valence-corrected chi connectivity index (χ2v) is 5.97. The molecule has 1 aromatic carbocycles. The highest BCUT2D eigenvalue weighted by Crippen LogP contribution is 2.32. The summed E-state index contributed by atoms with van der Waals surface area (Å²) in [6.45, 7) is 7.60. The molecule has 0 spiro atoms. The molecule has 0 unspecified atom stereocenters. The van der Waals surface area contributed by atoms with Crippen LogP contribution in [0, 0.1) is 0 Å². The molecule has 1 rings (SSSR count). The highest BCUT2D eigenvalue weighted by molar-refractivity contribution is 6.17. The molecular weight excluding hydrogens is 246 g/mol. The van der Waals surface area contributed by atoms with Crippen molar-refractivity contribution in [2.75, 3.05) is 26.7 Å². The standard InChI is InChI=1S/C15H24ClNO/c1-15(2,3)13-10-12(6-7-14(13)18-5)8-9-17(4)11-16/h6-7,10H,8-9,11H2,1-5H3. The zero-order chi connectivity index (χ0) is 13.8. The second-order valence-electron chi connectivity index (χ2n) is 5.73. The largest absolute Gasteiger partial charge is 0.496 e. The third-order valence-corrected chi connectivity index (χ3v) is 3.47. The van der Waals surface area contributed by atoms with E-state index < -0.39 is 0 Å². The van der Waals surface area contributed by atoms with Crippen LogP contribution in [0.15, 0.2) is 18.2 Å². The van der Waals surface area contributed by atoms with E-state index in [2.05, 4.69) is 43.9 Å². The minimum atomic E-state index is 0.0970. The average molecular weight is 270 g/mol. The fourth-order valence-corrected chi connectivity index (χ4v) is 2.00. The maximum atomic E-state index is 5.78. The van der Waals surface area contributed by atoms with Crippen LogP contribution >= 0.6 is 11.6 Å². The summed E-state index contributed by atoms with van der Waals surface area (Å²) in [6, 6.07) is 7.02. The van der Waals surface area contributed by atoms with Crippen LogP contribution in [0.25, 0.3) is 0 Å². The Morgan fingerprint density at radius 2 is 1.94 bits per heavy atom. The molecular formula is C15H24ClNO. The summed E-state index contributed by atoms with van der Waals surface area (Å²) in [5.41, 5.74) is 2.69. The number of alkyl halides is 1. The lowest BCUT2D eigenvalue weighted by Gasteiger charge is -2.23. The summed E-state index contributed by atoms with van der Waals surface area (Å²) in [5, 5.41) is 0. The third-order valence-electron chi connectivity index (χ3n) is 3.06. The number of ether oxygens (including phenoxy) is 1. The SMILES string of the molecule is COc1ccc(CCN(C)CCl)cc1C(C)(C)C. The molecule has 3 heteroatoms. The normalized spacial score (nSPS) is 11.9. The Labute approximate surface area is 116 Å². The van der Waals surface area contributed by atoms with Gasteiger partial charge < -0.3 is 4.74 Å². The Morgan fingerprint density at radius 1 is 1.28 bits per heavy atom. The van der Waals surface area contributed by atoms with Gasteiger partial charge in [0.2, 0.25) is 0 Å². The van der Waals surface area contributed by atoms with Gasteiger partial charge in [0.25, 0.3) is 0 Å². The summed E-state index contributed by atoms with van der Waals surface area (Å²) in [5.74, 6) is 0.969. The zero-order valence-electron chi connectivity index (χ0n) is 12.1. The Hall–Kier alpha value is -0.730. The van der Waals surface area contributed by atoms with Crippen molar-refractivity contribution in [3.05, 3.63) is 29.3 Å². The zero-order valence-corrected chi connectivity index (χ0v) is 12.8. The fraction of sp³-hybridized carbons (Fsp3) is 0.600. The van der Waals surface area contributed by atoms with Gasteiger partial charge in [0.05, 0.1) is 13.1 Å². The highest BCUT2D eigenvalue weighted by Gasteiger charge is 2.19. The van der Waals surface area contributed by atoms with Crippen LogP contribution in [-0.4, -0.2) is 31.6 Å². The third kappa shape index (κ3) is 4.18. The van der Waals surface area contributed by atoms with Crippen molar-refractivity contribution in [3.63, 3.8) is 0 Å². The van der Waals surface area contributed by atoms with Crippen molar-refractivity contribution in [2.45, 2.75) is 32.6 Å². The Balaban J connectivity index is 2.90. The predicted molar refractivity (Wildman–Crippen MR) is 78.7 cm³/mol. The molecule has 0 heterocycles. The van der Waals surface area contributed by atoms with Gasteiger partial charge in [0.1, 0.15) is 5.75 Å². The van der Waals surface area contributed by atoms with Gasteiger partial charge in [-0.25, -0.2) is 0 Å². The summed E-state index contributed by atoms with van der Waals surface area (Å²) < 4.78 is 5.44. The smallest absolute Gasteiger partial charge is 0.122 e. The van der Waals surface area contributed by atoms with Crippen LogP contribution in [0.5, 0.6) is 5.75 Å². The molecule has 0 bridgehead atoms. The first kappa shape index (κ1) is 15.3. The minimum absolute atomic E-state index is 0.0970. The molecule has 0 fully saturated rings. The number of likely N-dealkylation sites (N-methyl/N-ethyl adjacent to an activating group) is 1. The first-order valence-corrected chi connectivity index (χ1v) is 6.84. The minimum Gasteiger partial charge on any atom is -0.496 e. The molecule has 0 N–H and O–H groups in total. The van der Waals surface area contributed by atoms with Crippen molar-refractivity contribution >= 4 is 11.6 Å². The summed E-state index contributed by atoms with van der Waals surface area (Å²) in [6.07, 6.45) is 1.01. The molecule has 0 aliphatic rings. The lowest BCUT2D eigenvalue weighted by Crippen LogP contribution is -2.19. The molecule has 0 aromatic heterocycles. The van der Waals surface area contributed by atoms with Gasteiger partial charge in [0, 0.05) is 6.54 Å². The highest BCUT2D eigenvalue weighted by atomic mass is 35.5.